The van der Waals surface area contributed by atoms with Crippen LogP contribution >= 0.6 is 22.9 Å². The predicted octanol–water partition coefficient (Wildman–Crippen LogP) is 2.86. The summed E-state index contributed by atoms with van der Waals surface area (Å²) < 4.78 is 5.33. The van der Waals surface area contributed by atoms with Gasteiger partial charge in [0.15, 0.2) is 5.22 Å². The summed E-state index contributed by atoms with van der Waals surface area (Å²) in [5.41, 5.74) is 3.80. The molecule has 0 aliphatic heterocycles. The highest BCUT2D eigenvalue weighted by Crippen LogP contribution is 2.28. The summed E-state index contributed by atoms with van der Waals surface area (Å²) in [7, 11) is 0. The Balaban J connectivity index is 2.32. The van der Waals surface area contributed by atoms with E-state index in [9.17, 15) is 0 Å². The summed E-state index contributed by atoms with van der Waals surface area (Å²) in [6.07, 6.45) is 0. The van der Waals surface area contributed by atoms with Gasteiger partial charge < -0.3 is 4.42 Å². The molecule has 15 heavy (non-hydrogen) atoms. The zero-order chi connectivity index (χ0) is 10.8. The Bertz CT molecular complexity index is 411. The molecule has 0 aliphatic rings. The van der Waals surface area contributed by atoms with Crippen LogP contribution in [-0.4, -0.2) is 0 Å². The Kier molecular flexibility index (Phi) is 3.11. The van der Waals surface area contributed by atoms with E-state index in [-0.39, 0.29) is 6.04 Å². The van der Waals surface area contributed by atoms with E-state index in [2.05, 4.69) is 23.8 Å². The Morgan fingerprint density at radius 3 is 2.80 bits per heavy atom. The molecule has 5 heteroatoms. The molecule has 2 aromatic heterocycles. The van der Waals surface area contributed by atoms with Crippen molar-refractivity contribution in [3.63, 3.8) is 0 Å². The molecule has 2 heterocycles. The van der Waals surface area contributed by atoms with Crippen LogP contribution in [0.5, 0.6) is 0 Å². The molecule has 3 nitrogen and oxygen atoms in total. The first kappa shape index (κ1) is 10.7. The summed E-state index contributed by atoms with van der Waals surface area (Å²) in [5, 5.41) is 2.42. The molecule has 0 spiro atoms. The van der Waals surface area contributed by atoms with E-state index < -0.39 is 0 Å². The third kappa shape index (κ3) is 2.23. The van der Waals surface area contributed by atoms with Gasteiger partial charge in [0.2, 0.25) is 0 Å². The van der Waals surface area contributed by atoms with Crippen molar-refractivity contribution >= 4 is 22.9 Å². The second-order valence-electron chi connectivity index (χ2n) is 3.23. The number of thiophene rings is 1. The number of nitrogens with one attached hydrogen (secondary N) is 1. The standard InChI is InChI=1S/C10H11ClN2OS/c1-6-4-7(5-15-6)10(13-12)8-2-3-9(11)14-8/h2-5,10,13H,12H2,1H3. The van der Waals surface area contributed by atoms with Crippen molar-refractivity contribution in [1.29, 1.82) is 0 Å². The Morgan fingerprint density at radius 1 is 1.53 bits per heavy atom. The van der Waals surface area contributed by atoms with Crippen molar-refractivity contribution in [2.45, 2.75) is 13.0 Å². The minimum Gasteiger partial charge on any atom is -0.448 e. The minimum absolute atomic E-state index is 0.137. The fourth-order valence-electron chi connectivity index (χ4n) is 1.44. The van der Waals surface area contributed by atoms with Crippen molar-refractivity contribution in [3.8, 4) is 0 Å². The molecule has 0 fully saturated rings. The van der Waals surface area contributed by atoms with E-state index >= 15 is 0 Å². The highest BCUT2D eigenvalue weighted by atomic mass is 35.5. The molecule has 0 saturated carbocycles. The van der Waals surface area contributed by atoms with Crippen LogP contribution in [-0.2, 0) is 0 Å². The third-order valence-electron chi connectivity index (χ3n) is 2.13. The summed E-state index contributed by atoms with van der Waals surface area (Å²) in [5.74, 6) is 6.23. The van der Waals surface area contributed by atoms with Gasteiger partial charge in [-0.15, -0.1) is 11.3 Å². The molecular formula is C10H11ClN2OS. The number of halogens is 1. The molecule has 0 aromatic carbocycles. The van der Waals surface area contributed by atoms with Gasteiger partial charge in [0.1, 0.15) is 11.8 Å². The lowest BCUT2D eigenvalue weighted by Crippen LogP contribution is -2.28. The number of aryl methyl sites for hydroxylation is 1. The molecular weight excluding hydrogens is 232 g/mol. The van der Waals surface area contributed by atoms with Gasteiger partial charge in [-0.1, -0.05) is 0 Å². The largest absolute Gasteiger partial charge is 0.448 e. The highest BCUT2D eigenvalue weighted by Gasteiger charge is 2.17. The SMILES string of the molecule is Cc1cc(C(NN)c2ccc(Cl)o2)cs1. The van der Waals surface area contributed by atoms with Crippen molar-refractivity contribution < 1.29 is 4.42 Å². The highest BCUT2D eigenvalue weighted by molar-refractivity contribution is 7.10. The fourth-order valence-corrected chi connectivity index (χ4v) is 2.32. The van der Waals surface area contributed by atoms with E-state index in [1.54, 1.807) is 17.4 Å². The number of furan rings is 1. The van der Waals surface area contributed by atoms with Gasteiger partial charge in [0, 0.05) is 4.88 Å². The number of hydrogen-bond acceptors (Lipinski definition) is 4. The maximum Gasteiger partial charge on any atom is 0.193 e. The Hall–Kier alpha value is -0.810. The van der Waals surface area contributed by atoms with Gasteiger partial charge in [-0.2, -0.15) is 0 Å². The average molecular weight is 243 g/mol. The van der Waals surface area contributed by atoms with Crippen LogP contribution in [0.3, 0.4) is 0 Å². The van der Waals surface area contributed by atoms with Gasteiger partial charge in [-0.25, -0.2) is 5.43 Å². The number of rotatable bonds is 3. The fraction of sp³-hybridized carbons (Fsp3) is 0.200. The predicted molar refractivity (Wildman–Crippen MR) is 61.9 cm³/mol. The van der Waals surface area contributed by atoms with Gasteiger partial charge in [-0.3, -0.25) is 5.84 Å². The summed E-state index contributed by atoms with van der Waals surface area (Å²) >= 11 is 7.40. The lowest BCUT2D eigenvalue weighted by molar-refractivity contribution is 0.454. The van der Waals surface area contributed by atoms with Crippen LogP contribution in [0.1, 0.15) is 22.2 Å². The molecule has 1 atom stereocenters. The number of hydrogen-bond donors (Lipinski definition) is 2. The molecule has 0 amide bonds. The quantitative estimate of drug-likeness (QED) is 0.643. The van der Waals surface area contributed by atoms with Gasteiger partial charge >= 0.3 is 0 Å². The third-order valence-corrected chi connectivity index (χ3v) is 3.21. The smallest absolute Gasteiger partial charge is 0.193 e. The summed E-state index contributed by atoms with van der Waals surface area (Å²) in [6.45, 7) is 2.05. The lowest BCUT2D eigenvalue weighted by atomic mass is 10.1. The first-order valence-electron chi connectivity index (χ1n) is 4.47. The van der Waals surface area contributed by atoms with E-state index in [0.717, 1.165) is 11.3 Å². The zero-order valence-corrected chi connectivity index (χ0v) is 9.73. The molecule has 2 aromatic rings. The van der Waals surface area contributed by atoms with E-state index in [1.807, 2.05) is 6.07 Å². The van der Waals surface area contributed by atoms with Gasteiger partial charge in [0.25, 0.3) is 0 Å². The van der Waals surface area contributed by atoms with Crippen LogP contribution in [0.2, 0.25) is 5.22 Å². The summed E-state index contributed by atoms with van der Waals surface area (Å²) in [6, 6.07) is 5.47. The van der Waals surface area contributed by atoms with Gasteiger partial charge in [0.05, 0.1) is 0 Å². The zero-order valence-electron chi connectivity index (χ0n) is 8.16. The molecule has 2 rings (SSSR count). The second-order valence-corrected chi connectivity index (χ2v) is 4.72. The average Bonchev–Trinajstić information content (AvgIpc) is 2.78. The van der Waals surface area contributed by atoms with Crippen LogP contribution < -0.4 is 11.3 Å². The molecule has 0 saturated heterocycles. The van der Waals surface area contributed by atoms with Crippen molar-refractivity contribution in [2.24, 2.45) is 5.84 Å². The normalized spacial score (nSPS) is 13.0. The van der Waals surface area contributed by atoms with Crippen molar-refractivity contribution in [3.05, 3.63) is 45.0 Å². The number of hydrazine groups is 1. The molecule has 80 valence electrons. The monoisotopic (exact) mass is 242 g/mol. The molecule has 0 radical (unpaired) electrons. The maximum absolute atomic E-state index is 5.72. The second kappa shape index (κ2) is 4.37. The Labute approximate surface area is 96.8 Å². The van der Waals surface area contributed by atoms with Gasteiger partial charge in [-0.05, 0) is 47.7 Å². The van der Waals surface area contributed by atoms with Crippen LogP contribution in [0, 0.1) is 6.92 Å². The van der Waals surface area contributed by atoms with Crippen LogP contribution in [0.15, 0.2) is 28.0 Å². The van der Waals surface area contributed by atoms with Crippen molar-refractivity contribution in [2.75, 3.05) is 0 Å². The Morgan fingerprint density at radius 2 is 2.33 bits per heavy atom. The van der Waals surface area contributed by atoms with Crippen molar-refractivity contribution in [1.82, 2.24) is 5.43 Å². The van der Waals surface area contributed by atoms with E-state index in [1.165, 1.54) is 4.88 Å². The van der Waals surface area contributed by atoms with Crippen LogP contribution in [0.25, 0.3) is 0 Å². The minimum atomic E-state index is -0.137. The number of nitrogens with two attached hydrogens (primary N) is 1. The summed E-state index contributed by atoms with van der Waals surface area (Å²) in [4.78, 5) is 1.24. The first-order chi connectivity index (χ1) is 7.20. The van der Waals surface area contributed by atoms with Crippen LogP contribution in [0.4, 0.5) is 0 Å². The topological polar surface area (TPSA) is 51.2 Å². The molecule has 1 unspecified atom stereocenters. The molecule has 3 N–H and O–H groups in total. The maximum atomic E-state index is 5.72. The lowest BCUT2D eigenvalue weighted by Gasteiger charge is -2.11. The first-order valence-corrected chi connectivity index (χ1v) is 5.73. The van der Waals surface area contributed by atoms with E-state index in [0.29, 0.717) is 5.22 Å². The molecule has 0 bridgehead atoms. The molecule has 0 aliphatic carbocycles. The van der Waals surface area contributed by atoms with E-state index in [4.69, 9.17) is 21.9 Å².